The van der Waals surface area contributed by atoms with Crippen LogP contribution in [0.2, 0.25) is 0 Å². The maximum atomic E-state index is 11.2. The third-order valence-corrected chi connectivity index (χ3v) is 4.77. The van der Waals surface area contributed by atoms with Gasteiger partial charge in [-0.2, -0.15) is 5.10 Å². The average Bonchev–Trinajstić information content (AvgIpc) is 2.96. The van der Waals surface area contributed by atoms with Gasteiger partial charge in [0.05, 0.1) is 11.9 Å². The fraction of sp³-hybridized carbons (Fsp3) is 0.714. The third kappa shape index (κ3) is 2.27. The Kier molecular flexibility index (Phi) is 3.31. The first-order chi connectivity index (χ1) is 9.16. The van der Waals surface area contributed by atoms with E-state index in [2.05, 4.69) is 10.00 Å². The molecule has 1 aromatic rings. The monoisotopic (exact) mass is 263 g/mol. The van der Waals surface area contributed by atoms with Crippen molar-refractivity contribution < 1.29 is 9.90 Å². The smallest absolute Gasteiger partial charge is 0.339 e. The molecule has 3 rings (SSSR count). The van der Waals surface area contributed by atoms with E-state index in [0.717, 1.165) is 24.7 Å². The first kappa shape index (κ1) is 12.7. The fourth-order valence-corrected chi connectivity index (χ4v) is 3.72. The van der Waals surface area contributed by atoms with Crippen LogP contribution in [-0.2, 0) is 13.6 Å². The second-order valence-electron chi connectivity index (χ2n) is 5.80. The van der Waals surface area contributed by atoms with Crippen molar-refractivity contribution in [2.75, 3.05) is 6.54 Å². The van der Waals surface area contributed by atoms with E-state index in [-0.39, 0.29) is 0 Å². The number of hydrogen-bond donors (Lipinski definition) is 1. The molecule has 19 heavy (non-hydrogen) atoms. The van der Waals surface area contributed by atoms with Crippen LogP contribution in [0.4, 0.5) is 0 Å². The lowest BCUT2D eigenvalue weighted by Crippen LogP contribution is -2.35. The molecule has 0 amide bonds. The lowest BCUT2D eigenvalue weighted by molar-refractivity contribution is 0.0693. The SMILES string of the molecule is Cn1ncc(C(=O)O)c1CN1CCC2CCCCC21. The van der Waals surface area contributed by atoms with Gasteiger partial charge < -0.3 is 5.11 Å². The van der Waals surface area contributed by atoms with Crippen molar-refractivity contribution in [2.45, 2.75) is 44.7 Å². The van der Waals surface area contributed by atoms with Gasteiger partial charge in [-0.15, -0.1) is 0 Å². The Bertz CT molecular complexity index is 483. The first-order valence-electron chi connectivity index (χ1n) is 7.15. The Morgan fingerprint density at radius 2 is 2.21 bits per heavy atom. The Hall–Kier alpha value is -1.36. The topological polar surface area (TPSA) is 58.4 Å². The summed E-state index contributed by atoms with van der Waals surface area (Å²) in [6.07, 6.45) is 8.02. The molecule has 1 aliphatic heterocycles. The van der Waals surface area contributed by atoms with Crippen molar-refractivity contribution in [1.29, 1.82) is 0 Å². The number of carbonyl (C=O) groups is 1. The van der Waals surface area contributed by atoms with Crippen LogP contribution in [-0.4, -0.2) is 38.3 Å². The summed E-state index contributed by atoms with van der Waals surface area (Å²) in [7, 11) is 1.83. The van der Waals surface area contributed by atoms with E-state index < -0.39 is 5.97 Å². The molecule has 5 heteroatoms. The van der Waals surface area contributed by atoms with Gasteiger partial charge in [0.1, 0.15) is 5.56 Å². The highest BCUT2D eigenvalue weighted by Gasteiger charge is 2.36. The number of aryl methyl sites for hydroxylation is 1. The second kappa shape index (κ2) is 4.96. The molecule has 1 saturated carbocycles. The summed E-state index contributed by atoms with van der Waals surface area (Å²) in [4.78, 5) is 13.7. The lowest BCUT2D eigenvalue weighted by atomic mass is 9.85. The molecule has 2 heterocycles. The number of carboxylic acid groups (broad SMARTS) is 1. The number of aromatic nitrogens is 2. The van der Waals surface area contributed by atoms with Crippen LogP contribution in [0.5, 0.6) is 0 Å². The number of aromatic carboxylic acids is 1. The molecule has 2 atom stereocenters. The molecule has 0 spiro atoms. The predicted octanol–water partition coefficient (Wildman–Crippen LogP) is 1.88. The van der Waals surface area contributed by atoms with Crippen LogP contribution in [0.3, 0.4) is 0 Å². The van der Waals surface area contributed by atoms with Crippen molar-refractivity contribution in [2.24, 2.45) is 13.0 Å². The van der Waals surface area contributed by atoms with Crippen LogP contribution in [0, 0.1) is 5.92 Å². The zero-order valence-corrected chi connectivity index (χ0v) is 11.4. The molecule has 5 nitrogen and oxygen atoms in total. The van der Waals surface area contributed by atoms with E-state index in [0.29, 0.717) is 11.6 Å². The number of nitrogens with zero attached hydrogens (tertiary/aromatic N) is 3. The highest BCUT2D eigenvalue weighted by molar-refractivity contribution is 5.88. The maximum absolute atomic E-state index is 11.2. The third-order valence-electron chi connectivity index (χ3n) is 4.77. The number of hydrogen-bond acceptors (Lipinski definition) is 3. The summed E-state index contributed by atoms with van der Waals surface area (Å²) in [5.74, 6) is -0.0438. The van der Waals surface area contributed by atoms with Crippen molar-refractivity contribution in [1.82, 2.24) is 14.7 Å². The highest BCUT2D eigenvalue weighted by atomic mass is 16.4. The van der Waals surface area contributed by atoms with Crippen LogP contribution in [0.15, 0.2) is 6.20 Å². The second-order valence-corrected chi connectivity index (χ2v) is 5.80. The maximum Gasteiger partial charge on any atom is 0.339 e. The largest absolute Gasteiger partial charge is 0.478 e. The van der Waals surface area contributed by atoms with E-state index in [1.54, 1.807) is 4.68 Å². The molecule has 1 aliphatic carbocycles. The molecule has 1 saturated heterocycles. The van der Waals surface area contributed by atoms with Crippen LogP contribution in [0.25, 0.3) is 0 Å². The summed E-state index contributed by atoms with van der Waals surface area (Å²) < 4.78 is 1.71. The molecule has 1 N–H and O–H groups in total. The van der Waals surface area contributed by atoms with E-state index >= 15 is 0 Å². The van der Waals surface area contributed by atoms with Crippen molar-refractivity contribution in [3.05, 3.63) is 17.5 Å². The Balaban J connectivity index is 1.78. The molecule has 2 aliphatic rings. The van der Waals surface area contributed by atoms with E-state index in [1.165, 1.54) is 38.3 Å². The Morgan fingerprint density at radius 1 is 1.42 bits per heavy atom. The standard InChI is InChI=1S/C14H21N3O2/c1-16-13(11(8-15-16)14(18)19)9-17-7-6-10-4-2-3-5-12(10)17/h8,10,12H,2-7,9H2,1H3,(H,18,19). The molecular weight excluding hydrogens is 242 g/mol. The van der Waals surface area contributed by atoms with Gasteiger partial charge in [0, 0.05) is 19.6 Å². The number of carboxylic acids is 1. The first-order valence-corrected chi connectivity index (χ1v) is 7.15. The van der Waals surface area contributed by atoms with Gasteiger partial charge in [-0.05, 0) is 31.7 Å². The number of rotatable bonds is 3. The van der Waals surface area contributed by atoms with E-state index in [1.807, 2.05) is 7.05 Å². The molecule has 2 fully saturated rings. The average molecular weight is 263 g/mol. The van der Waals surface area contributed by atoms with Gasteiger partial charge in [-0.3, -0.25) is 9.58 Å². The minimum absolute atomic E-state index is 0.349. The van der Waals surface area contributed by atoms with E-state index in [9.17, 15) is 9.90 Å². The van der Waals surface area contributed by atoms with Gasteiger partial charge >= 0.3 is 5.97 Å². The zero-order chi connectivity index (χ0) is 13.4. The van der Waals surface area contributed by atoms with Gasteiger partial charge in [0.2, 0.25) is 0 Å². The Labute approximate surface area is 113 Å². The van der Waals surface area contributed by atoms with Crippen molar-refractivity contribution >= 4 is 5.97 Å². The quantitative estimate of drug-likeness (QED) is 0.904. The van der Waals surface area contributed by atoms with Crippen LogP contribution < -0.4 is 0 Å². The van der Waals surface area contributed by atoms with Crippen LogP contribution >= 0.6 is 0 Å². The number of fused-ring (bicyclic) bond motifs is 1. The summed E-state index contributed by atoms with van der Waals surface area (Å²) in [6, 6.07) is 0.658. The summed E-state index contributed by atoms with van der Waals surface area (Å²) in [6.45, 7) is 1.82. The van der Waals surface area contributed by atoms with Gasteiger partial charge in [-0.25, -0.2) is 4.79 Å². The lowest BCUT2D eigenvalue weighted by Gasteiger charge is -2.31. The zero-order valence-electron chi connectivity index (χ0n) is 11.4. The highest BCUT2D eigenvalue weighted by Crippen LogP contribution is 2.37. The van der Waals surface area contributed by atoms with Crippen LogP contribution in [0.1, 0.15) is 48.2 Å². The van der Waals surface area contributed by atoms with E-state index in [4.69, 9.17) is 0 Å². The van der Waals surface area contributed by atoms with Crippen molar-refractivity contribution in [3.63, 3.8) is 0 Å². The van der Waals surface area contributed by atoms with Gasteiger partial charge in [-0.1, -0.05) is 12.8 Å². The molecule has 104 valence electrons. The normalized spacial score (nSPS) is 27.4. The fourth-order valence-electron chi connectivity index (χ4n) is 3.72. The predicted molar refractivity (Wildman–Crippen MR) is 70.9 cm³/mol. The van der Waals surface area contributed by atoms with Gasteiger partial charge in [0.15, 0.2) is 0 Å². The molecule has 2 unspecified atom stereocenters. The molecule has 0 bridgehead atoms. The molecule has 0 aromatic carbocycles. The molecular formula is C14H21N3O2. The minimum Gasteiger partial charge on any atom is -0.478 e. The summed E-state index contributed by atoms with van der Waals surface area (Å²) in [5, 5.41) is 13.3. The summed E-state index contributed by atoms with van der Waals surface area (Å²) in [5.41, 5.74) is 1.18. The van der Waals surface area contributed by atoms with Crippen molar-refractivity contribution in [3.8, 4) is 0 Å². The molecule has 1 aromatic heterocycles. The summed E-state index contributed by atoms with van der Waals surface area (Å²) >= 11 is 0. The van der Waals surface area contributed by atoms with Gasteiger partial charge in [0.25, 0.3) is 0 Å². The Morgan fingerprint density at radius 3 is 3.00 bits per heavy atom. The number of likely N-dealkylation sites (tertiary alicyclic amines) is 1. The minimum atomic E-state index is -0.873. The molecule has 0 radical (unpaired) electrons.